The van der Waals surface area contributed by atoms with Crippen molar-refractivity contribution in [3.05, 3.63) is 22.2 Å². The van der Waals surface area contributed by atoms with E-state index in [0.717, 1.165) is 19.4 Å². The molecule has 0 amide bonds. The first-order valence-corrected chi connectivity index (χ1v) is 5.37. The molecule has 0 saturated carbocycles. The number of nitrogens with zero attached hydrogens (tertiary/aromatic N) is 3. The summed E-state index contributed by atoms with van der Waals surface area (Å²) in [7, 11) is 0. The first-order chi connectivity index (χ1) is 8.24. The van der Waals surface area contributed by atoms with Crippen LogP contribution in [0.4, 0.5) is 11.4 Å². The van der Waals surface area contributed by atoms with Gasteiger partial charge in [0, 0.05) is 12.6 Å². The summed E-state index contributed by atoms with van der Waals surface area (Å²) < 4.78 is 4.56. The number of benzene rings is 1. The van der Waals surface area contributed by atoms with Gasteiger partial charge in [0.05, 0.1) is 10.6 Å². The Morgan fingerprint density at radius 1 is 1.41 bits per heavy atom. The van der Waals surface area contributed by atoms with E-state index in [1.54, 1.807) is 6.07 Å². The predicted octanol–water partition coefficient (Wildman–Crippen LogP) is 2.34. The third kappa shape index (κ3) is 2.17. The summed E-state index contributed by atoms with van der Waals surface area (Å²) in [6, 6.07) is 3.03. The quantitative estimate of drug-likeness (QED) is 0.486. The number of nitro benzene ring substituents is 1. The second kappa shape index (κ2) is 4.77. The third-order valence-corrected chi connectivity index (χ3v) is 2.44. The lowest BCUT2D eigenvalue weighted by Gasteiger charge is -2.04. The van der Waals surface area contributed by atoms with Crippen LogP contribution in [0.25, 0.3) is 11.0 Å². The van der Waals surface area contributed by atoms with Crippen LogP contribution >= 0.6 is 0 Å². The number of hydrogen-bond donors (Lipinski definition) is 1. The molecule has 0 radical (unpaired) electrons. The molecule has 0 saturated heterocycles. The minimum absolute atomic E-state index is 0.0951. The van der Waals surface area contributed by atoms with Gasteiger partial charge in [0.25, 0.3) is 0 Å². The van der Waals surface area contributed by atoms with Crippen molar-refractivity contribution < 1.29 is 9.55 Å². The monoisotopic (exact) mass is 236 g/mol. The van der Waals surface area contributed by atoms with Crippen LogP contribution in [0, 0.1) is 10.1 Å². The van der Waals surface area contributed by atoms with Crippen molar-refractivity contribution in [2.75, 3.05) is 11.9 Å². The van der Waals surface area contributed by atoms with Crippen molar-refractivity contribution in [2.24, 2.45) is 0 Å². The molecular weight excluding hydrogens is 224 g/mol. The number of aromatic nitrogens is 2. The summed E-state index contributed by atoms with van der Waals surface area (Å²) >= 11 is 0. The van der Waals surface area contributed by atoms with Crippen LogP contribution in [0.5, 0.6) is 0 Å². The van der Waals surface area contributed by atoms with E-state index in [4.69, 9.17) is 0 Å². The van der Waals surface area contributed by atoms with Crippen molar-refractivity contribution in [3.8, 4) is 0 Å². The standard InChI is InChI=1S/C10H12N4O3/c1-2-3-6-11-7-4-5-8(14(15)16)10-9(7)12-17-13-10/h4-5,11H,2-3,6H2,1H3. The van der Waals surface area contributed by atoms with Crippen molar-refractivity contribution in [2.45, 2.75) is 19.8 Å². The summed E-state index contributed by atoms with van der Waals surface area (Å²) in [4.78, 5) is 10.3. The summed E-state index contributed by atoms with van der Waals surface area (Å²) in [5, 5.41) is 21.2. The van der Waals surface area contributed by atoms with Crippen LogP contribution in [0.2, 0.25) is 0 Å². The lowest BCUT2D eigenvalue weighted by atomic mass is 10.2. The Hall–Kier alpha value is -2.18. The van der Waals surface area contributed by atoms with Crippen molar-refractivity contribution in [1.29, 1.82) is 0 Å². The number of unbranched alkanes of at least 4 members (excludes halogenated alkanes) is 1. The van der Waals surface area contributed by atoms with Gasteiger partial charge in [-0.2, -0.15) is 0 Å². The molecule has 7 heteroatoms. The van der Waals surface area contributed by atoms with E-state index < -0.39 is 4.92 Å². The van der Waals surface area contributed by atoms with Gasteiger partial charge in [0.2, 0.25) is 5.52 Å². The molecule has 1 aromatic heterocycles. The molecule has 7 nitrogen and oxygen atoms in total. The van der Waals surface area contributed by atoms with Gasteiger partial charge in [-0.05, 0) is 22.8 Å². The van der Waals surface area contributed by atoms with E-state index in [-0.39, 0.29) is 11.2 Å². The van der Waals surface area contributed by atoms with E-state index in [0.29, 0.717) is 11.2 Å². The Morgan fingerprint density at radius 3 is 2.88 bits per heavy atom. The number of hydrogen-bond acceptors (Lipinski definition) is 6. The fourth-order valence-corrected chi connectivity index (χ4v) is 1.54. The summed E-state index contributed by atoms with van der Waals surface area (Å²) in [6.07, 6.45) is 2.09. The maximum atomic E-state index is 10.8. The Balaban J connectivity index is 2.36. The number of anilines is 1. The fraction of sp³-hybridized carbons (Fsp3) is 0.400. The number of rotatable bonds is 5. The molecule has 0 unspecified atom stereocenters. The molecule has 0 bridgehead atoms. The maximum Gasteiger partial charge on any atom is 0.300 e. The normalized spacial score (nSPS) is 10.6. The van der Waals surface area contributed by atoms with Gasteiger partial charge in [-0.15, -0.1) is 0 Å². The van der Waals surface area contributed by atoms with Gasteiger partial charge in [0.15, 0.2) is 5.52 Å². The van der Waals surface area contributed by atoms with Crippen LogP contribution < -0.4 is 5.32 Å². The highest BCUT2D eigenvalue weighted by Crippen LogP contribution is 2.28. The lowest BCUT2D eigenvalue weighted by molar-refractivity contribution is -0.383. The SMILES string of the molecule is CCCCNc1ccc([N+](=O)[O-])c2nonc12. The second-order valence-corrected chi connectivity index (χ2v) is 3.63. The Labute approximate surface area is 96.9 Å². The van der Waals surface area contributed by atoms with E-state index in [9.17, 15) is 10.1 Å². The van der Waals surface area contributed by atoms with Gasteiger partial charge in [-0.1, -0.05) is 13.3 Å². The first kappa shape index (κ1) is 11.3. The summed E-state index contributed by atoms with van der Waals surface area (Å²) in [5.41, 5.74) is 1.19. The molecular formula is C10H12N4O3. The van der Waals surface area contributed by atoms with E-state index >= 15 is 0 Å². The van der Waals surface area contributed by atoms with Gasteiger partial charge >= 0.3 is 5.69 Å². The predicted molar refractivity (Wildman–Crippen MR) is 61.9 cm³/mol. The molecule has 90 valence electrons. The molecule has 1 aromatic carbocycles. The van der Waals surface area contributed by atoms with Crippen LogP contribution in [0.1, 0.15) is 19.8 Å². The van der Waals surface area contributed by atoms with Crippen LogP contribution in [0.15, 0.2) is 16.8 Å². The van der Waals surface area contributed by atoms with Crippen LogP contribution in [-0.4, -0.2) is 21.8 Å². The highest BCUT2D eigenvalue weighted by Gasteiger charge is 2.19. The molecule has 0 fully saturated rings. The van der Waals surface area contributed by atoms with Crippen molar-refractivity contribution in [3.63, 3.8) is 0 Å². The van der Waals surface area contributed by atoms with Gasteiger partial charge in [-0.25, -0.2) is 4.63 Å². The van der Waals surface area contributed by atoms with Gasteiger partial charge in [0.1, 0.15) is 0 Å². The van der Waals surface area contributed by atoms with Crippen LogP contribution in [-0.2, 0) is 0 Å². The highest BCUT2D eigenvalue weighted by molar-refractivity contribution is 5.93. The topological polar surface area (TPSA) is 94.1 Å². The molecule has 0 aliphatic rings. The minimum Gasteiger partial charge on any atom is -0.383 e. The first-order valence-electron chi connectivity index (χ1n) is 5.37. The fourth-order valence-electron chi connectivity index (χ4n) is 1.54. The van der Waals surface area contributed by atoms with Gasteiger partial charge < -0.3 is 5.32 Å². The van der Waals surface area contributed by atoms with Crippen LogP contribution in [0.3, 0.4) is 0 Å². The highest BCUT2D eigenvalue weighted by atomic mass is 16.6. The molecule has 1 heterocycles. The smallest absolute Gasteiger partial charge is 0.300 e. The minimum atomic E-state index is -0.498. The van der Waals surface area contributed by atoms with E-state index in [1.165, 1.54) is 6.07 Å². The number of fused-ring (bicyclic) bond motifs is 1. The Bertz CT molecular complexity index is 537. The zero-order valence-electron chi connectivity index (χ0n) is 9.34. The molecule has 0 aliphatic heterocycles. The molecule has 17 heavy (non-hydrogen) atoms. The van der Waals surface area contributed by atoms with Crippen molar-refractivity contribution >= 4 is 22.4 Å². The largest absolute Gasteiger partial charge is 0.383 e. The second-order valence-electron chi connectivity index (χ2n) is 3.63. The zero-order chi connectivity index (χ0) is 12.3. The van der Waals surface area contributed by atoms with E-state index in [2.05, 4.69) is 27.2 Å². The Morgan fingerprint density at radius 2 is 2.18 bits per heavy atom. The molecule has 0 spiro atoms. The summed E-state index contributed by atoms with van der Waals surface area (Å²) in [6.45, 7) is 2.88. The van der Waals surface area contributed by atoms with Gasteiger partial charge in [-0.3, -0.25) is 10.1 Å². The zero-order valence-corrected chi connectivity index (χ0v) is 9.34. The van der Waals surface area contributed by atoms with E-state index in [1.807, 2.05) is 0 Å². The van der Waals surface area contributed by atoms with Crippen molar-refractivity contribution in [1.82, 2.24) is 10.3 Å². The maximum absolute atomic E-state index is 10.8. The Kier molecular flexibility index (Phi) is 3.17. The number of non-ortho nitro benzene ring substituents is 1. The average Bonchev–Trinajstić information content (AvgIpc) is 2.78. The summed E-state index contributed by atoms with van der Waals surface area (Å²) in [5.74, 6) is 0. The third-order valence-electron chi connectivity index (χ3n) is 2.44. The molecule has 0 aliphatic carbocycles. The molecule has 2 rings (SSSR count). The molecule has 2 aromatic rings. The number of nitrogens with one attached hydrogen (secondary N) is 1. The average molecular weight is 236 g/mol. The molecule has 0 atom stereocenters. The molecule has 1 N–H and O–H groups in total. The number of nitro groups is 1. The lowest BCUT2D eigenvalue weighted by Crippen LogP contribution is -2.02.